The molecule has 2 aromatic carbocycles. The number of imidazole rings is 1. The van der Waals surface area contributed by atoms with Crippen molar-refractivity contribution in [3.63, 3.8) is 0 Å². The Hall–Kier alpha value is -2.99. The number of aromatic amines is 1. The van der Waals surface area contributed by atoms with E-state index in [1.807, 2.05) is 37.4 Å². The Morgan fingerprint density at radius 1 is 1.22 bits per heavy atom. The zero-order chi connectivity index (χ0) is 22.9. The van der Waals surface area contributed by atoms with Crippen LogP contribution in [0.15, 0.2) is 46.7 Å². The summed E-state index contributed by atoms with van der Waals surface area (Å²) in [4.78, 5) is 12.3. The van der Waals surface area contributed by atoms with E-state index in [4.69, 9.17) is 15.0 Å². The maximum Gasteiger partial charge on any atom is 0.238 e. The van der Waals surface area contributed by atoms with Gasteiger partial charge in [0, 0.05) is 17.4 Å². The van der Waals surface area contributed by atoms with E-state index in [2.05, 4.69) is 20.3 Å². The summed E-state index contributed by atoms with van der Waals surface area (Å²) in [6.45, 7) is 3.80. The molecule has 0 aliphatic rings. The number of rotatable bonds is 8. The fourth-order valence-corrected chi connectivity index (χ4v) is 4.44. The molecule has 0 aliphatic carbocycles. The molecule has 2 heterocycles. The normalized spacial score (nSPS) is 11.9. The molecule has 0 saturated carbocycles. The lowest BCUT2D eigenvalue weighted by atomic mass is 10.1. The number of nitrogens with one attached hydrogen (secondary N) is 2. The van der Waals surface area contributed by atoms with E-state index in [0.29, 0.717) is 23.0 Å². The quantitative estimate of drug-likeness (QED) is 0.307. The predicted octanol–water partition coefficient (Wildman–Crippen LogP) is 3.40. The molecule has 0 unspecified atom stereocenters. The van der Waals surface area contributed by atoms with Gasteiger partial charge in [0.2, 0.25) is 10.0 Å². The van der Waals surface area contributed by atoms with Gasteiger partial charge in [-0.15, -0.1) is 11.3 Å². The first kappa shape index (κ1) is 22.2. The summed E-state index contributed by atoms with van der Waals surface area (Å²) in [5.74, 6) is 1.23. The van der Waals surface area contributed by atoms with Crippen molar-refractivity contribution in [2.45, 2.75) is 31.3 Å². The molecule has 32 heavy (non-hydrogen) atoms. The van der Waals surface area contributed by atoms with Crippen LogP contribution in [0.4, 0.5) is 10.8 Å². The third kappa shape index (κ3) is 4.91. The summed E-state index contributed by atoms with van der Waals surface area (Å²) in [7, 11) is -3.86. The third-order valence-electron chi connectivity index (χ3n) is 4.56. The van der Waals surface area contributed by atoms with Crippen molar-refractivity contribution in [1.82, 2.24) is 15.0 Å². The van der Waals surface area contributed by atoms with Gasteiger partial charge in [-0.1, -0.05) is 6.07 Å². The summed E-state index contributed by atoms with van der Waals surface area (Å²) in [6, 6.07) is 10.2. The Kier molecular flexibility index (Phi) is 6.15. The van der Waals surface area contributed by atoms with Crippen molar-refractivity contribution in [2.75, 3.05) is 11.9 Å². The molecule has 4 aromatic rings. The molecule has 9 nitrogen and oxygen atoms in total. The number of aliphatic hydroxyl groups is 1. The van der Waals surface area contributed by atoms with E-state index in [1.165, 1.54) is 23.5 Å². The van der Waals surface area contributed by atoms with Crippen molar-refractivity contribution in [3.8, 4) is 17.0 Å². The van der Waals surface area contributed by atoms with Crippen LogP contribution in [0.1, 0.15) is 19.7 Å². The first-order chi connectivity index (χ1) is 15.2. The van der Waals surface area contributed by atoms with Crippen LogP contribution in [0.3, 0.4) is 0 Å². The van der Waals surface area contributed by atoms with Crippen LogP contribution in [0.5, 0.6) is 5.75 Å². The molecule has 0 radical (unpaired) electrons. The highest BCUT2D eigenvalue weighted by atomic mass is 32.2. The first-order valence-corrected chi connectivity index (χ1v) is 12.3. The second-order valence-corrected chi connectivity index (χ2v) is 9.84. The summed E-state index contributed by atoms with van der Waals surface area (Å²) in [6.07, 6.45) is 0.368. The highest BCUT2D eigenvalue weighted by molar-refractivity contribution is 7.89. The number of thiazole rings is 1. The Bertz CT molecular complexity index is 1360. The second-order valence-electron chi connectivity index (χ2n) is 7.42. The number of hydrogen-bond acceptors (Lipinski definition) is 8. The van der Waals surface area contributed by atoms with Gasteiger partial charge in [-0.25, -0.2) is 23.5 Å². The largest absolute Gasteiger partial charge is 0.489 e. The fraction of sp³-hybridized carbons (Fsp3) is 0.238. The summed E-state index contributed by atoms with van der Waals surface area (Å²) >= 11 is 1.38. The average molecular weight is 474 g/mol. The number of sulfonamides is 1. The monoisotopic (exact) mass is 473 g/mol. The van der Waals surface area contributed by atoms with E-state index in [0.717, 1.165) is 28.1 Å². The van der Waals surface area contributed by atoms with Gasteiger partial charge in [0.05, 0.1) is 40.0 Å². The first-order valence-electron chi connectivity index (χ1n) is 9.89. The molecule has 4 rings (SSSR count). The summed E-state index contributed by atoms with van der Waals surface area (Å²) in [5.41, 5.74) is 3.80. The third-order valence-corrected chi connectivity index (χ3v) is 6.23. The van der Waals surface area contributed by atoms with Gasteiger partial charge >= 0.3 is 0 Å². The maximum atomic E-state index is 11.8. The molecule has 0 saturated heterocycles. The Morgan fingerprint density at radius 2 is 2.03 bits per heavy atom. The number of anilines is 2. The Balaban J connectivity index is 1.63. The summed E-state index contributed by atoms with van der Waals surface area (Å²) in [5, 5.41) is 20.0. The van der Waals surface area contributed by atoms with Crippen molar-refractivity contribution in [2.24, 2.45) is 5.14 Å². The fourth-order valence-electron chi connectivity index (χ4n) is 3.17. The van der Waals surface area contributed by atoms with Crippen molar-refractivity contribution in [3.05, 3.63) is 47.6 Å². The van der Waals surface area contributed by atoms with Crippen molar-refractivity contribution < 1.29 is 18.3 Å². The van der Waals surface area contributed by atoms with Crippen LogP contribution in [-0.4, -0.2) is 41.2 Å². The molecule has 0 aliphatic heterocycles. The van der Waals surface area contributed by atoms with Crippen molar-refractivity contribution in [1.29, 1.82) is 0 Å². The number of primary sulfonamides is 1. The van der Waals surface area contributed by atoms with E-state index in [1.54, 1.807) is 6.07 Å². The molecule has 0 atom stereocenters. The zero-order valence-electron chi connectivity index (χ0n) is 17.5. The van der Waals surface area contributed by atoms with E-state index < -0.39 is 10.0 Å². The standard InChI is InChI=1S/C21H23N5O4S2/c1-12(2)30-19-6-4-14(32(22,28)29)10-17(19)25-21-26-18(11-31-21)13-3-5-15-16(9-13)24-20(23-15)7-8-27/h3-6,9-12,27H,7-8H2,1-2H3,(H,23,24)(H,25,26)(H2,22,28,29). The van der Waals surface area contributed by atoms with Gasteiger partial charge in [0.1, 0.15) is 11.6 Å². The predicted molar refractivity (Wildman–Crippen MR) is 125 cm³/mol. The minimum absolute atomic E-state index is 0.0173. The average Bonchev–Trinajstić information content (AvgIpc) is 3.34. The number of fused-ring (bicyclic) bond motifs is 1. The smallest absolute Gasteiger partial charge is 0.238 e. The molecule has 11 heteroatoms. The lowest BCUT2D eigenvalue weighted by molar-refractivity contribution is 0.243. The van der Waals surface area contributed by atoms with Gasteiger partial charge in [0.15, 0.2) is 5.13 Å². The minimum atomic E-state index is -3.86. The number of benzene rings is 2. The number of ether oxygens (including phenoxy) is 1. The summed E-state index contributed by atoms with van der Waals surface area (Å²) < 4.78 is 29.4. The number of nitrogens with zero attached hydrogens (tertiary/aromatic N) is 2. The lowest BCUT2D eigenvalue weighted by Crippen LogP contribution is -2.13. The molecular formula is C21H23N5O4S2. The van der Waals surface area contributed by atoms with Crippen LogP contribution in [0, 0.1) is 0 Å². The van der Waals surface area contributed by atoms with Gasteiger partial charge < -0.3 is 20.1 Å². The Morgan fingerprint density at radius 3 is 2.75 bits per heavy atom. The Labute approximate surface area is 189 Å². The van der Waals surface area contributed by atoms with E-state index in [-0.39, 0.29) is 17.6 Å². The minimum Gasteiger partial charge on any atom is -0.489 e. The van der Waals surface area contributed by atoms with Crippen LogP contribution in [-0.2, 0) is 16.4 Å². The molecule has 168 valence electrons. The number of H-pyrrole nitrogens is 1. The van der Waals surface area contributed by atoms with Crippen molar-refractivity contribution >= 4 is 43.2 Å². The molecule has 0 bridgehead atoms. The van der Waals surface area contributed by atoms with Gasteiger partial charge in [-0.3, -0.25) is 0 Å². The topological polar surface area (TPSA) is 143 Å². The molecule has 5 N–H and O–H groups in total. The van der Waals surface area contributed by atoms with Crippen LogP contribution in [0.25, 0.3) is 22.3 Å². The number of hydrogen-bond donors (Lipinski definition) is 4. The molecule has 2 aromatic heterocycles. The number of aliphatic hydroxyl groups excluding tert-OH is 1. The maximum absolute atomic E-state index is 11.8. The zero-order valence-corrected chi connectivity index (χ0v) is 19.1. The number of nitrogens with two attached hydrogens (primary N) is 1. The number of aromatic nitrogens is 3. The van der Waals surface area contributed by atoms with Crippen LogP contribution >= 0.6 is 11.3 Å². The molecule has 0 amide bonds. The molecular weight excluding hydrogens is 450 g/mol. The van der Waals surface area contributed by atoms with Gasteiger partial charge in [0.25, 0.3) is 0 Å². The molecule has 0 fully saturated rings. The molecule has 0 spiro atoms. The van der Waals surface area contributed by atoms with Gasteiger partial charge in [-0.2, -0.15) is 0 Å². The van der Waals surface area contributed by atoms with Gasteiger partial charge in [-0.05, 0) is 44.2 Å². The highest BCUT2D eigenvalue weighted by Crippen LogP contribution is 2.34. The second kappa shape index (κ2) is 8.87. The highest BCUT2D eigenvalue weighted by Gasteiger charge is 2.15. The van der Waals surface area contributed by atoms with E-state index >= 15 is 0 Å². The van der Waals surface area contributed by atoms with Crippen LogP contribution in [0.2, 0.25) is 0 Å². The SMILES string of the molecule is CC(C)Oc1ccc(S(N)(=O)=O)cc1Nc1nc(-c2ccc3nc(CCO)[nH]c3c2)cs1. The van der Waals surface area contributed by atoms with Crippen LogP contribution < -0.4 is 15.2 Å². The lowest BCUT2D eigenvalue weighted by Gasteiger charge is -2.15. The van der Waals surface area contributed by atoms with E-state index in [9.17, 15) is 8.42 Å².